The molecule has 1 heterocycles. The smallest absolute Gasteiger partial charge is 0.271 e. The summed E-state index contributed by atoms with van der Waals surface area (Å²) < 4.78 is 35.3. The van der Waals surface area contributed by atoms with Crippen molar-refractivity contribution < 1.29 is 17.9 Å². The summed E-state index contributed by atoms with van der Waals surface area (Å²) in [7, 11) is -2.50. The fourth-order valence-electron chi connectivity index (χ4n) is 3.29. The van der Waals surface area contributed by atoms with Crippen LogP contribution < -0.4 is 14.9 Å². The maximum Gasteiger partial charge on any atom is 0.271 e. The first kappa shape index (κ1) is 23.7. The molecular formula is C25H23N5O4S. The lowest BCUT2D eigenvalue weighted by Crippen LogP contribution is -2.20. The monoisotopic (exact) mass is 489 g/mol. The van der Waals surface area contributed by atoms with E-state index < -0.39 is 15.9 Å². The molecule has 0 atom stereocenters. The first-order valence-corrected chi connectivity index (χ1v) is 12.0. The van der Waals surface area contributed by atoms with Crippen molar-refractivity contribution in [2.45, 2.75) is 11.8 Å². The van der Waals surface area contributed by atoms with E-state index in [1.165, 1.54) is 31.4 Å². The highest BCUT2D eigenvalue weighted by Gasteiger charge is 2.18. The van der Waals surface area contributed by atoms with Gasteiger partial charge in [-0.05, 0) is 55.0 Å². The second-order valence-electron chi connectivity index (χ2n) is 7.49. The molecule has 178 valence electrons. The van der Waals surface area contributed by atoms with E-state index in [1.54, 1.807) is 43.7 Å². The Labute approximate surface area is 203 Å². The average Bonchev–Trinajstić information content (AvgIpc) is 3.42. The van der Waals surface area contributed by atoms with Crippen LogP contribution in [-0.2, 0) is 10.0 Å². The highest BCUT2D eigenvalue weighted by Crippen LogP contribution is 2.26. The Morgan fingerprint density at radius 1 is 1.00 bits per heavy atom. The number of amides is 1. The number of rotatable bonds is 8. The zero-order valence-corrected chi connectivity index (χ0v) is 19.9. The van der Waals surface area contributed by atoms with Gasteiger partial charge in [-0.15, -0.1) is 0 Å². The first-order chi connectivity index (χ1) is 16.9. The molecule has 0 bridgehead atoms. The number of sulfonamides is 1. The summed E-state index contributed by atoms with van der Waals surface area (Å²) in [4.78, 5) is 16.6. The molecule has 0 aliphatic carbocycles. The minimum absolute atomic E-state index is 0.0631. The number of hydrogen-bond acceptors (Lipinski definition) is 6. The van der Waals surface area contributed by atoms with E-state index in [-0.39, 0.29) is 10.5 Å². The summed E-state index contributed by atoms with van der Waals surface area (Å²) in [5.74, 6) is -0.151. The van der Waals surface area contributed by atoms with Crippen LogP contribution in [0.4, 0.5) is 5.69 Å². The molecular weight excluding hydrogens is 466 g/mol. The van der Waals surface area contributed by atoms with Crippen LogP contribution >= 0.6 is 0 Å². The normalized spacial score (nSPS) is 11.7. The number of hydrogen-bond donors (Lipinski definition) is 2. The van der Waals surface area contributed by atoms with Gasteiger partial charge in [0.1, 0.15) is 5.75 Å². The van der Waals surface area contributed by atoms with Gasteiger partial charge in [0.25, 0.3) is 15.9 Å². The number of hydrazone groups is 1. The number of carbonyl (C=O) groups excluding carboxylic acids is 1. The Bertz CT molecular complexity index is 1460. The molecule has 35 heavy (non-hydrogen) atoms. The third-order valence-electron chi connectivity index (χ3n) is 5.17. The number of aromatic nitrogens is 2. The molecule has 0 aliphatic heterocycles. The number of ether oxygens (including phenoxy) is 1. The molecule has 0 aliphatic rings. The Kier molecular flexibility index (Phi) is 6.93. The van der Waals surface area contributed by atoms with Gasteiger partial charge in [0.15, 0.2) is 0 Å². The number of carbonyl (C=O) groups is 1. The van der Waals surface area contributed by atoms with Crippen molar-refractivity contribution in [2.75, 3.05) is 11.8 Å². The Morgan fingerprint density at radius 2 is 1.77 bits per heavy atom. The SMILES string of the molecule is COc1ccccc1NS(=O)(=O)c1cccc(C(=O)N/N=C(/C)c2ccc(-n3ccnc3)cc2)c1. The summed E-state index contributed by atoms with van der Waals surface area (Å²) in [6.07, 6.45) is 5.25. The number of methoxy groups -OCH3 is 1. The molecule has 0 saturated carbocycles. The highest BCUT2D eigenvalue weighted by molar-refractivity contribution is 7.92. The van der Waals surface area contributed by atoms with E-state index in [0.717, 1.165) is 11.3 Å². The summed E-state index contributed by atoms with van der Waals surface area (Å²) in [6, 6.07) is 20.0. The van der Waals surface area contributed by atoms with E-state index in [4.69, 9.17) is 4.74 Å². The zero-order chi connectivity index (χ0) is 24.8. The maximum atomic E-state index is 12.9. The Hall–Kier alpha value is -4.44. The van der Waals surface area contributed by atoms with Crippen LogP contribution in [0.15, 0.2) is 102 Å². The van der Waals surface area contributed by atoms with Crippen molar-refractivity contribution in [1.82, 2.24) is 15.0 Å². The quantitative estimate of drug-likeness (QED) is 0.288. The standard InChI is InChI=1S/C25H23N5O4S/c1-18(19-10-12-21(13-11-19)30-15-14-26-17-30)27-28-25(31)20-6-5-7-22(16-20)35(32,33)29-23-8-3-4-9-24(23)34-2/h3-17,29H,1-2H3,(H,28,31)/b27-18-. The topological polar surface area (TPSA) is 115 Å². The molecule has 10 heteroatoms. The van der Waals surface area contributed by atoms with Crippen LogP contribution in [0.25, 0.3) is 5.69 Å². The Balaban J connectivity index is 1.47. The lowest BCUT2D eigenvalue weighted by molar-refractivity contribution is 0.0954. The van der Waals surface area contributed by atoms with Crippen LogP contribution in [0.3, 0.4) is 0 Å². The molecule has 0 saturated heterocycles. The van der Waals surface area contributed by atoms with Crippen LogP contribution in [0.1, 0.15) is 22.8 Å². The number of nitrogens with zero attached hydrogens (tertiary/aromatic N) is 3. The van der Waals surface area contributed by atoms with Crippen molar-refractivity contribution in [1.29, 1.82) is 0 Å². The molecule has 1 amide bonds. The number of nitrogens with one attached hydrogen (secondary N) is 2. The van der Waals surface area contributed by atoms with Gasteiger partial charge < -0.3 is 9.30 Å². The first-order valence-electron chi connectivity index (χ1n) is 10.6. The molecule has 9 nitrogen and oxygen atoms in total. The van der Waals surface area contributed by atoms with E-state index in [1.807, 2.05) is 35.0 Å². The minimum Gasteiger partial charge on any atom is -0.495 e. The second kappa shape index (κ2) is 10.2. The van der Waals surface area contributed by atoms with Crippen LogP contribution in [-0.4, -0.2) is 36.7 Å². The van der Waals surface area contributed by atoms with E-state index in [2.05, 4.69) is 20.2 Å². The fourth-order valence-corrected chi connectivity index (χ4v) is 4.40. The summed E-state index contributed by atoms with van der Waals surface area (Å²) in [5, 5.41) is 4.16. The minimum atomic E-state index is -3.95. The number of anilines is 1. The summed E-state index contributed by atoms with van der Waals surface area (Å²) >= 11 is 0. The van der Waals surface area contributed by atoms with E-state index in [9.17, 15) is 13.2 Å². The summed E-state index contributed by atoms with van der Waals surface area (Å²) in [5.41, 5.74) is 5.30. The van der Waals surface area contributed by atoms with Crippen molar-refractivity contribution in [2.24, 2.45) is 5.10 Å². The van der Waals surface area contributed by atoms with Crippen LogP contribution in [0.2, 0.25) is 0 Å². The molecule has 0 fully saturated rings. The predicted molar refractivity (Wildman–Crippen MR) is 133 cm³/mol. The lowest BCUT2D eigenvalue weighted by atomic mass is 10.1. The number of para-hydroxylation sites is 2. The maximum absolute atomic E-state index is 12.9. The van der Waals surface area contributed by atoms with Gasteiger partial charge in [-0.2, -0.15) is 5.10 Å². The molecule has 1 aromatic heterocycles. The second-order valence-corrected chi connectivity index (χ2v) is 9.17. The molecule has 4 aromatic rings. The predicted octanol–water partition coefficient (Wildman–Crippen LogP) is 3.84. The van der Waals surface area contributed by atoms with Crippen molar-refractivity contribution in [3.8, 4) is 11.4 Å². The third-order valence-corrected chi connectivity index (χ3v) is 6.53. The van der Waals surface area contributed by atoms with E-state index >= 15 is 0 Å². The summed E-state index contributed by atoms with van der Waals surface area (Å²) in [6.45, 7) is 1.77. The van der Waals surface area contributed by atoms with Crippen LogP contribution in [0, 0.1) is 0 Å². The zero-order valence-electron chi connectivity index (χ0n) is 19.0. The van der Waals surface area contributed by atoms with Gasteiger partial charge in [0.2, 0.25) is 0 Å². The van der Waals surface area contributed by atoms with Gasteiger partial charge >= 0.3 is 0 Å². The van der Waals surface area contributed by atoms with Gasteiger partial charge in [0.05, 0.1) is 29.7 Å². The molecule has 3 aromatic carbocycles. The fraction of sp³-hybridized carbons (Fsp3) is 0.0800. The average molecular weight is 490 g/mol. The van der Waals surface area contributed by atoms with Gasteiger partial charge in [0, 0.05) is 23.6 Å². The van der Waals surface area contributed by atoms with Gasteiger partial charge in [-0.25, -0.2) is 18.8 Å². The third kappa shape index (κ3) is 5.56. The van der Waals surface area contributed by atoms with Crippen LogP contribution in [0.5, 0.6) is 5.75 Å². The van der Waals surface area contributed by atoms with Crippen molar-refractivity contribution in [3.05, 3.63) is 103 Å². The lowest BCUT2D eigenvalue weighted by Gasteiger charge is -2.12. The highest BCUT2D eigenvalue weighted by atomic mass is 32.2. The molecule has 4 rings (SSSR count). The van der Waals surface area contributed by atoms with Gasteiger partial charge in [-0.3, -0.25) is 9.52 Å². The van der Waals surface area contributed by atoms with E-state index in [0.29, 0.717) is 17.1 Å². The molecule has 0 unspecified atom stereocenters. The number of benzene rings is 3. The largest absolute Gasteiger partial charge is 0.495 e. The van der Waals surface area contributed by atoms with Gasteiger partial charge in [-0.1, -0.05) is 30.3 Å². The molecule has 0 radical (unpaired) electrons. The van der Waals surface area contributed by atoms with Crippen molar-refractivity contribution >= 4 is 27.3 Å². The van der Waals surface area contributed by atoms with Crippen molar-refractivity contribution in [3.63, 3.8) is 0 Å². The Morgan fingerprint density at radius 3 is 2.49 bits per heavy atom. The molecule has 2 N–H and O–H groups in total. The number of imidazole rings is 1. The molecule has 0 spiro atoms.